The molecule has 0 saturated carbocycles. The van der Waals surface area contributed by atoms with Crippen molar-refractivity contribution in [2.45, 2.75) is 31.9 Å². The minimum atomic E-state index is -0.321. The number of hydrogen-bond acceptors (Lipinski definition) is 6. The molecule has 1 aliphatic rings. The summed E-state index contributed by atoms with van der Waals surface area (Å²) < 4.78 is 7.58. The van der Waals surface area contributed by atoms with Gasteiger partial charge in [0.2, 0.25) is 5.65 Å². The van der Waals surface area contributed by atoms with Crippen molar-refractivity contribution in [3.63, 3.8) is 0 Å². The Labute approximate surface area is 177 Å². The summed E-state index contributed by atoms with van der Waals surface area (Å²) in [5.41, 5.74) is 1.28. The maximum absolute atomic E-state index is 13.5. The number of aromatic nitrogens is 6. The SMILES string of the molecule is C[C@@H]1CC[C@@H](Oc2cccn3c(=O)[nH]nc23)CN1C(=O)c1ccccc1-n1nccn1. The molecule has 4 aromatic rings. The molecule has 5 rings (SSSR count). The fourth-order valence-corrected chi connectivity index (χ4v) is 3.96. The van der Waals surface area contributed by atoms with Gasteiger partial charge in [0.05, 0.1) is 30.2 Å². The average molecular weight is 419 g/mol. The highest BCUT2D eigenvalue weighted by Gasteiger charge is 2.32. The Kier molecular flexibility index (Phi) is 4.73. The number of nitrogens with zero attached hydrogens (tertiary/aromatic N) is 6. The maximum atomic E-state index is 13.5. The van der Waals surface area contributed by atoms with E-state index in [-0.39, 0.29) is 23.7 Å². The van der Waals surface area contributed by atoms with Crippen molar-refractivity contribution >= 4 is 11.6 Å². The molecule has 1 fully saturated rings. The highest BCUT2D eigenvalue weighted by molar-refractivity contribution is 5.98. The van der Waals surface area contributed by atoms with E-state index in [0.29, 0.717) is 29.2 Å². The molecule has 4 heterocycles. The van der Waals surface area contributed by atoms with E-state index in [9.17, 15) is 9.59 Å². The summed E-state index contributed by atoms with van der Waals surface area (Å²) in [4.78, 5) is 28.6. The number of likely N-dealkylation sites (tertiary alicyclic amines) is 1. The molecule has 1 saturated heterocycles. The van der Waals surface area contributed by atoms with E-state index < -0.39 is 0 Å². The van der Waals surface area contributed by atoms with Crippen LogP contribution in [0.3, 0.4) is 0 Å². The summed E-state index contributed by atoms with van der Waals surface area (Å²) in [6.07, 6.45) is 6.17. The van der Waals surface area contributed by atoms with E-state index in [1.165, 1.54) is 9.20 Å². The third-order valence-corrected chi connectivity index (χ3v) is 5.57. The van der Waals surface area contributed by atoms with E-state index in [0.717, 1.165) is 12.8 Å². The first-order valence-corrected chi connectivity index (χ1v) is 10.1. The second kappa shape index (κ2) is 7.71. The average Bonchev–Trinajstić information content (AvgIpc) is 3.46. The van der Waals surface area contributed by atoms with Gasteiger partial charge in [-0.2, -0.15) is 15.0 Å². The van der Waals surface area contributed by atoms with E-state index >= 15 is 0 Å². The van der Waals surface area contributed by atoms with Crippen molar-refractivity contribution < 1.29 is 9.53 Å². The van der Waals surface area contributed by atoms with Gasteiger partial charge in [0, 0.05) is 12.2 Å². The van der Waals surface area contributed by atoms with E-state index in [4.69, 9.17) is 4.74 Å². The number of aromatic amines is 1. The van der Waals surface area contributed by atoms with Gasteiger partial charge in [-0.3, -0.25) is 4.79 Å². The first kappa shape index (κ1) is 19.0. The van der Waals surface area contributed by atoms with E-state index in [1.807, 2.05) is 30.0 Å². The smallest absolute Gasteiger partial charge is 0.347 e. The van der Waals surface area contributed by atoms with Crippen molar-refractivity contribution in [3.8, 4) is 11.4 Å². The zero-order chi connectivity index (χ0) is 21.4. The summed E-state index contributed by atoms with van der Waals surface area (Å²) in [6, 6.07) is 10.9. The molecule has 158 valence electrons. The van der Waals surface area contributed by atoms with Gasteiger partial charge in [0.15, 0.2) is 5.75 Å². The summed E-state index contributed by atoms with van der Waals surface area (Å²) in [7, 11) is 0. The Bertz CT molecular complexity index is 1280. The van der Waals surface area contributed by atoms with Gasteiger partial charge in [-0.25, -0.2) is 14.3 Å². The topological polar surface area (TPSA) is 110 Å². The molecule has 10 nitrogen and oxygen atoms in total. The third-order valence-electron chi connectivity index (χ3n) is 5.57. The molecule has 1 aromatic carbocycles. The standard InChI is InChI=1S/C21H21N7O3/c1-14-8-9-15(31-18-7-4-12-26-19(18)24-25-21(26)30)13-27(14)20(29)16-5-2-3-6-17(16)28-22-10-11-23-28/h2-7,10-12,14-15H,8-9,13H2,1H3,(H,25,30)/t14-,15-/m1/s1. The number of fused-ring (bicyclic) bond motifs is 1. The number of carbonyl (C=O) groups is 1. The normalized spacial score (nSPS) is 18.9. The Balaban J connectivity index is 1.40. The van der Waals surface area contributed by atoms with Crippen LogP contribution in [0.5, 0.6) is 5.75 Å². The van der Waals surface area contributed by atoms with E-state index in [1.54, 1.807) is 36.8 Å². The van der Waals surface area contributed by atoms with Crippen LogP contribution in [0.2, 0.25) is 0 Å². The molecular formula is C21H21N7O3. The second-order valence-electron chi connectivity index (χ2n) is 7.55. The Hall–Kier alpha value is -3.95. The molecule has 3 aromatic heterocycles. The molecule has 0 radical (unpaired) electrons. The Morgan fingerprint density at radius 1 is 1.13 bits per heavy atom. The molecule has 1 aliphatic heterocycles. The zero-order valence-electron chi connectivity index (χ0n) is 16.9. The zero-order valence-corrected chi connectivity index (χ0v) is 16.9. The lowest BCUT2D eigenvalue weighted by atomic mass is 9.99. The number of benzene rings is 1. The fraction of sp³-hybridized carbons (Fsp3) is 0.286. The molecular weight excluding hydrogens is 398 g/mol. The van der Waals surface area contributed by atoms with Crippen molar-refractivity contribution in [1.82, 2.24) is 34.5 Å². The van der Waals surface area contributed by atoms with Crippen LogP contribution < -0.4 is 10.4 Å². The highest BCUT2D eigenvalue weighted by Crippen LogP contribution is 2.26. The predicted octanol–water partition coefficient (Wildman–Crippen LogP) is 1.68. The van der Waals surface area contributed by atoms with Crippen LogP contribution in [0.15, 0.2) is 59.8 Å². The lowest BCUT2D eigenvalue weighted by Crippen LogP contribution is -2.49. The summed E-state index contributed by atoms with van der Waals surface area (Å²) in [6.45, 7) is 2.47. The van der Waals surface area contributed by atoms with Crippen LogP contribution >= 0.6 is 0 Å². The number of H-pyrrole nitrogens is 1. The van der Waals surface area contributed by atoms with Gasteiger partial charge in [0.1, 0.15) is 6.10 Å². The first-order chi connectivity index (χ1) is 15.1. The highest BCUT2D eigenvalue weighted by atomic mass is 16.5. The van der Waals surface area contributed by atoms with Gasteiger partial charge in [0.25, 0.3) is 5.91 Å². The summed E-state index contributed by atoms with van der Waals surface area (Å²) in [5.74, 6) is 0.414. The van der Waals surface area contributed by atoms with Crippen LogP contribution in [0, 0.1) is 0 Å². The first-order valence-electron chi connectivity index (χ1n) is 10.1. The van der Waals surface area contributed by atoms with Gasteiger partial charge in [-0.05, 0) is 44.0 Å². The molecule has 0 unspecified atom stereocenters. The number of nitrogens with one attached hydrogen (secondary N) is 1. The second-order valence-corrected chi connectivity index (χ2v) is 7.55. The predicted molar refractivity (Wildman–Crippen MR) is 111 cm³/mol. The van der Waals surface area contributed by atoms with Crippen molar-refractivity contribution in [3.05, 3.63) is 71.0 Å². The summed E-state index contributed by atoms with van der Waals surface area (Å²) >= 11 is 0. The molecule has 1 N–H and O–H groups in total. The summed E-state index contributed by atoms with van der Waals surface area (Å²) in [5, 5.41) is 14.8. The van der Waals surface area contributed by atoms with Crippen LogP contribution in [0.25, 0.3) is 11.3 Å². The minimum absolute atomic E-state index is 0.0646. The van der Waals surface area contributed by atoms with Crippen molar-refractivity contribution in [1.29, 1.82) is 0 Å². The maximum Gasteiger partial charge on any atom is 0.347 e. The largest absolute Gasteiger partial charge is 0.485 e. The fourth-order valence-electron chi connectivity index (χ4n) is 3.96. The van der Waals surface area contributed by atoms with Crippen LogP contribution in [-0.2, 0) is 0 Å². The number of carbonyl (C=O) groups excluding carboxylic acids is 1. The quantitative estimate of drug-likeness (QED) is 0.539. The molecule has 0 bridgehead atoms. The van der Waals surface area contributed by atoms with Gasteiger partial charge in [-0.15, -0.1) is 5.10 Å². The van der Waals surface area contributed by atoms with Crippen LogP contribution in [0.1, 0.15) is 30.1 Å². The molecule has 31 heavy (non-hydrogen) atoms. The number of amides is 1. The van der Waals surface area contributed by atoms with Crippen molar-refractivity contribution in [2.24, 2.45) is 0 Å². The van der Waals surface area contributed by atoms with Crippen LogP contribution in [0.4, 0.5) is 0 Å². The molecule has 2 atom stereocenters. The molecule has 0 aliphatic carbocycles. The third kappa shape index (κ3) is 3.45. The monoisotopic (exact) mass is 419 g/mol. The number of piperidine rings is 1. The Morgan fingerprint density at radius 3 is 2.77 bits per heavy atom. The Morgan fingerprint density at radius 2 is 1.94 bits per heavy atom. The van der Waals surface area contributed by atoms with Crippen LogP contribution in [-0.4, -0.2) is 59.1 Å². The molecule has 0 spiro atoms. The van der Waals surface area contributed by atoms with Gasteiger partial charge in [-0.1, -0.05) is 12.1 Å². The van der Waals surface area contributed by atoms with Crippen molar-refractivity contribution in [2.75, 3.05) is 6.54 Å². The molecule has 10 heteroatoms. The minimum Gasteiger partial charge on any atom is -0.485 e. The lowest BCUT2D eigenvalue weighted by Gasteiger charge is -2.38. The van der Waals surface area contributed by atoms with E-state index in [2.05, 4.69) is 20.4 Å². The molecule has 1 amide bonds. The number of hydrogen-bond donors (Lipinski definition) is 1. The number of ether oxygens (including phenoxy) is 1. The van der Waals surface area contributed by atoms with Gasteiger partial charge >= 0.3 is 5.69 Å². The number of para-hydroxylation sites is 1. The van der Waals surface area contributed by atoms with Gasteiger partial charge < -0.3 is 9.64 Å². The number of pyridine rings is 1. The number of rotatable bonds is 4. The lowest BCUT2D eigenvalue weighted by molar-refractivity contribution is 0.0386.